The molecule has 8 heteroatoms. The summed E-state index contributed by atoms with van der Waals surface area (Å²) < 4.78 is 0. The van der Waals surface area contributed by atoms with E-state index in [0.717, 1.165) is 41.1 Å². The van der Waals surface area contributed by atoms with Crippen LogP contribution in [0.25, 0.3) is 10.6 Å². The van der Waals surface area contributed by atoms with Crippen LogP contribution in [0.3, 0.4) is 0 Å². The SMILES string of the molecule is CC(Sc1nc2c(cc1C#N)CC(c1ccccc1)CC2)C(=O)Nc1nc(-c2cccs2)cs1. The fourth-order valence-electron chi connectivity index (χ4n) is 4.12. The molecule has 1 aliphatic rings. The number of nitrogens with zero attached hydrogens (tertiary/aromatic N) is 3. The lowest BCUT2D eigenvalue weighted by Crippen LogP contribution is -2.23. The monoisotopic (exact) mass is 502 g/mol. The van der Waals surface area contributed by atoms with Crippen LogP contribution in [0.15, 0.2) is 64.3 Å². The number of aryl methyl sites for hydroxylation is 1. The van der Waals surface area contributed by atoms with Gasteiger partial charge in [0.2, 0.25) is 5.91 Å². The second-order valence-corrected chi connectivity index (χ2v) is 11.3. The molecule has 1 aliphatic carbocycles. The Morgan fingerprint density at radius 1 is 1.21 bits per heavy atom. The summed E-state index contributed by atoms with van der Waals surface area (Å²) in [7, 11) is 0. The molecule has 170 valence electrons. The topological polar surface area (TPSA) is 78.7 Å². The third-order valence-electron chi connectivity index (χ3n) is 5.91. The highest BCUT2D eigenvalue weighted by Crippen LogP contribution is 2.35. The number of carbonyl (C=O) groups is 1. The van der Waals surface area contributed by atoms with E-state index in [-0.39, 0.29) is 5.91 Å². The Morgan fingerprint density at radius 2 is 2.06 bits per heavy atom. The van der Waals surface area contributed by atoms with E-state index in [1.54, 1.807) is 11.3 Å². The fraction of sp³-hybridized carbons (Fsp3) is 0.231. The molecular weight excluding hydrogens is 481 g/mol. The zero-order chi connectivity index (χ0) is 23.5. The number of hydrogen-bond acceptors (Lipinski definition) is 7. The van der Waals surface area contributed by atoms with Gasteiger partial charge in [0.1, 0.15) is 11.1 Å². The van der Waals surface area contributed by atoms with E-state index >= 15 is 0 Å². The largest absolute Gasteiger partial charge is 0.301 e. The summed E-state index contributed by atoms with van der Waals surface area (Å²) in [6, 6.07) is 18.8. The van der Waals surface area contributed by atoms with Crippen LogP contribution in [0, 0.1) is 11.3 Å². The molecule has 3 heterocycles. The zero-order valence-electron chi connectivity index (χ0n) is 18.5. The summed E-state index contributed by atoms with van der Waals surface area (Å²) in [6.07, 6.45) is 2.80. The van der Waals surface area contributed by atoms with E-state index in [4.69, 9.17) is 4.98 Å². The lowest BCUT2D eigenvalue weighted by molar-refractivity contribution is -0.115. The van der Waals surface area contributed by atoms with Crippen molar-refractivity contribution in [2.24, 2.45) is 0 Å². The van der Waals surface area contributed by atoms with E-state index in [9.17, 15) is 10.1 Å². The molecule has 0 fully saturated rings. The van der Waals surface area contributed by atoms with Crippen LogP contribution >= 0.6 is 34.4 Å². The summed E-state index contributed by atoms with van der Waals surface area (Å²) in [6.45, 7) is 1.83. The van der Waals surface area contributed by atoms with Gasteiger partial charge in [0.05, 0.1) is 21.4 Å². The Balaban J connectivity index is 1.28. The third-order valence-corrected chi connectivity index (χ3v) is 8.66. The van der Waals surface area contributed by atoms with Crippen LogP contribution < -0.4 is 5.32 Å². The van der Waals surface area contributed by atoms with Gasteiger partial charge in [0.15, 0.2) is 5.13 Å². The minimum Gasteiger partial charge on any atom is -0.301 e. The lowest BCUT2D eigenvalue weighted by atomic mass is 9.82. The average Bonchev–Trinajstić information content (AvgIpc) is 3.56. The Morgan fingerprint density at radius 3 is 2.82 bits per heavy atom. The highest BCUT2D eigenvalue weighted by atomic mass is 32.2. The Bertz CT molecular complexity index is 1340. The second kappa shape index (κ2) is 10.1. The number of carbonyl (C=O) groups excluding carboxylic acids is 1. The number of hydrogen-bond donors (Lipinski definition) is 1. The first kappa shape index (κ1) is 22.8. The van der Waals surface area contributed by atoms with Crippen molar-refractivity contribution in [2.45, 2.75) is 42.4 Å². The van der Waals surface area contributed by atoms with Crippen molar-refractivity contribution in [2.75, 3.05) is 5.32 Å². The number of thiophene rings is 1. The molecule has 2 atom stereocenters. The second-order valence-electron chi connectivity index (χ2n) is 8.17. The molecular formula is C26H22N4OS3. The molecule has 0 aliphatic heterocycles. The van der Waals surface area contributed by atoms with Crippen LogP contribution in [-0.2, 0) is 17.6 Å². The normalized spacial score (nSPS) is 15.8. The maximum atomic E-state index is 12.8. The molecule has 34 heavy (non-hydrogen) atoms. The number of nitrogens with one attached hydrogen (secondary N) is 1. The Labute approximate surface area is 210 Å². The first-order valence-corrected chi connectivity index (χ1v) is 13.7. The molecule has 4 aromatic rings. The standard InChI is InChI=1S/C26H22N4OS3/c1-16(24(31)30-26-29-22(15-33-26)23-8-5-11-32-23)34-25-20(14-27)13-19-12-18(9-10-21(19)28-25)17-6-3-2-4-7-17/h2-8,11,13,15-16,18H,9-10,12H2,1H3,(H,29,30,31). The summed E-state index contributed by atoms with van der Waals surface area (Å²) >= 11 is 4.36. The predicted octanol–water partition coefficient (Wildman–Crippen LogP) is 6.53. The quantitative estimate of drug-likeness (QED) is 0.303. The zero-order valence-corrected chi connectivity index (χ0v) is 21.0. The van der Waals surface area contributed by atoms with E-state index in [1.165, 1.54) is 28.7 Å². The van der Waals surface area contributed by atoms with E-state index in [2.05, 4.69) is 40.6 Å². The molecule has 5 rings (SSSR count). The van der Waals surface area contributed by atoms with Gasteiger partial charge in [0.25, 0.3) is 0 Å². The molecule has 5 nitrogen and oxygen atoms in total. The van der Waals surface area contributed by atoms with Gasteiger partial charge in [-0.3, -0.25) is 4.79 Å². The first-order valence-electron chi connectivity index (χ1n) is 11.1. The van der Waals surface area contributed by atoms with Gasteiger partial charge in [-0.1, -0.05) is 48.2 Å². The molecule has 0 saturated carbocycles. The number of benzene rings is 1. The number of nitriles is 1. The molecule has 0 bridgehead atoms. The number of amides is 1. The number of aromatic nitrogens is 2. The summed E-state index contributed by atoms with van der Waals surface area (Å²) in [5.41, 5.74) is 4.92. The molecule has 2 unspecified atom stereocenters. The number of thiazole rings is 1. The van der Waals surface area contributed by atoms with Gasteiger partial charge in [-0.15, -0.1) is 22.7 Å². The van der Waals surface area contributed by atoms with Crippen molar-refractivity contribution >= 4 is 45.5 Å². The van der Waals surface area contributed by atoms with Crippen molar-refractivity contribution in [3.63, 3.8) is 0 Å². The number of rotatable bonds is 6. The van der Waals surface area contributed by atoms with Crippen molar-refractivity contribution in [1.82, 2.24) is 9.97 Å². The Hall–Kier alpha value is -2.99. The van der Waals surface area contributed by atoms with Crippen molar-refractivity contribution in [1.29, 1.82) is 5.26 Å². The van der Waals surface area contributed by atoms with Crippen molar-refractivity contribution in [3.8, 4) is 16.6 Å². The van der Waals surface area contributed by atoms with Crippen LogP contribution in [-0.4, -0.2) is 21.1 Å². The molecule has 1 aromatic carbocycles. The molecule has 0 spiro atoms. The highest BCUT2D eigenvalue weighted by Gasteiger charge is 2.25. The van der Waals surface area contributed by atoms with Crippen molar-refractivity contribution < 1.29 is 4.79 Å². The van der Waals surface area contributed by atoms with E-state index < -0.39 is 5.25 Å². The van der Waals surface area contributed by atoms with Gasteiger partial charge in [-0.25, -0.2) is 9.97 Å². The maximum absolute atomic E-state index is 12.8. The van der Waals surface area contributed by atoms with Crippen LogP contribution in [0.5, 0.6) is 0 Å². The fourth-order valence-corrected chi connectivity index (χ4v) is 6.49. The van der Waals surface area contributed by atoms with Gasteiger partial charge >= 0.3 is 0 Å². The average molecular weight is 503 g/mol. The van der Waals surface area contributed by atoms with E-state index in [1.807, 2.05) is 41.9 Å². The predicted molar refractivity (Wildman–Crippen MR) is 140 cm³/mol. The number of pyridine rings is 1. The first-order chi connectivity index (χ1) is 16.6. The third kappa shape index (κ3) is 4.92. The van der Waals surface area contributed by atoms with Gasteiger partial charge < -0.3 is 5.32 Å². The minimum atomic E-state index is -0.410. The lowest BCUT2D eigenvalue weighted by Gasteiger charge is -2.25. The number of thioether (sulfide) groups is 1. The van der Waals surface area contributed by atoms with Gasteiger partial charge in [0, 0.05) is 11.1 Å². The van der Waals surface area contributed by atoms with Crippen LogP contribution in [0.1, 0.15) is 41.6 Å². The summed E-state index contributed by atoms with van der Waals surface area (Å²) in [5.74, 6) is 0.298. The molecule has 1 amide bonds. The van der Waals surface area contributed by atoms with Crippen LogP contribution in [0.4, 0.5) is 5.13 Å². The number of fused-ring (bicyclic) bond motifs is 1. The molecule has 1 N–H and O–H groups in total. The smallest absolute Gasteiger partial charge is 0.239 e. The van der Waals surface area contributed by atoms with E-state index in [0.29, 0.717) is 21.6 Å². The molecule has 3 aromatic heterocycles. The Kier molecular flexibility index (Phi) is 6.77. The van der Waals surface area contributed by atoms with Crippen LogP contribution in [0.2, 0.25) is 0 Å². The molecule has 0 saturated heterocycles. The summed E-state index contributed by atoms with van der Waals surface area (Å²) in [5, 5.41) is 17.4. The van der Waals surface area contributed by atoms with Gasteiger partial charge in [-0.2, -0.15) is 5.26 Å². The minimum absolute atomic E-state index is 0.148. The molecule has 0 radical (unpaired) electrons. The summed E-state index contributed by atoms with van der Waals surface area (Å²) in [4.78, 5) is 23.3. The van der Waals surface area contributed by atoms with Gasteiger partial charge in [-0.05, 0) is 60.7 Å². The number of anilines is 1. The highest BCUT2D eigenvalue weighted by molar-refractivity contribution is 8.00. The maximum Gasteiger partial charge on any atom is 0.239 e. The van der Waals surface area contributed by atoms with Crippen molar-refractivity contribution in [3.05, 3.63) is 81.7 Å².